The van der Waals surface area contributed by atoms with Crippen LogP contribution >= 0.6 is 22.9 Å². The number of methoxy groups -OCH3 is 1. The Morgan fingerprint density at radius 3 is 2.54 bits per heavy atom. The van der Waals surface area contributed by atoms with Crippen LogP contribution in [0.4, 0.5) is 5.00 Å². The van der Waals surface area contributed by atoms with Crippen molar-refractivity contribution in [3.63, 3.8) is 0 Å². The molecule has 2 amide bonds. The lowest BCUT2D eigenvalue weighted by molar-refractivity contribution is 0.0305. The summed E-state index contributed by atoms with van der Waals surface area (Å²) in [5, 5.41) is 3.25. The van der Waals surface area contributed by atoms with Crippen molar-refractivity contribution < 1.29 is 23.9 Å². The largest absolute Gasteiger partial charge is 0.465 e. The molecule has 1 saturated heterocycles. The molecule has 0 radical (unpaired) electrons. The van der Waals surface area contributed by atoms with Gasteiger partial charge in [0.15, 0.2) is 0 Å². The second kappa shape index (κ2) is 8.72. The number of thiophene rings is 1. The second-order valence-electron chi connectivity index (χ2n) is 6.09. The molecule has 0 bridgehead atoms. The molecule has 0 atom stereocenters. The highest BCUT2D eigenvalue weighted by Gasteiger charge is 2.29. The van der Waals surface area contributed by atoms with Crippen LogP contribution in [-0.4, -0.2) is 56.1 Å². The fourth-order valence-electron chi connectivity index (χ4n) is 2.88. The van der Waals surface area contributed by atoms with Crippen LogP contribution in [-0.2, 0) is 9.47 Å². The summed E-state index contributed by atoms with van der Waals surface area (Å²) in [6, 6.07) is 6.59. The van der Waals surface area contributed by atoms with Crippen molar-refractivity contribution in [3.8, 4) is 0 Å². The number of anilines is 1. The molecule has 7 nitrogen and oxygen atoms in total. The normalized spacial score (nSPS) is 13.9. The number of nitrogens with zero attached hydrogens (tertiary/aromatic N) is 1. The average molecular weight is 423 g/mol. The van der Waals surface area contributed by atoms with E-state index >= 15 is 0 Å². The molecule has 1 aliphatic heterocycles. The number of nitrogens with one attached hydrogen (secondary N) is 1. The number of ether oxygens (including phenoxy) is 2. The number of esters is 1. The molecule has 3 rings (SSSR count). The quantitative estimate of drug-likeness (QED) is 0.764. The number of carbonyl (C=O) groups excluding carboxylic acids is 3. The van der Waals surface area contributed by atoms with Crippen molar-refractivity contribution >= 4 is 45.7 Å². The van der Waals surface area contributed by atoms with E-state index in [0.29, 0.717) is 36.7 Å². The summed E-state index contributed by atoms with van der Waals surface area (Å²) >= 11 is 7.13. The maximum absolute atomic E-state index is 12.9. The SMILES string of the molecule is COC(=O)c1c(NC(=O)c2ccccc2Cl)sc(C(=O)N2CCOCC2)c1C. The van der Waals surface area contributed by atoms with Gasteiger partial charge in [-0.1, -0.05) is 23.7 Å². The molecule has 1 fully saturated rings. The van der Waals surface area contributed by atoms with Gasteiger partial charge in [0, 0.05) is 13.1 Å². The van der Waals surface area contributed by atoms with Gasteiger partial charge in [0.1, 0.15) is 5.00 Å². The predicted octanol–water partition coefficient (Wildman–Crippen LogP) is 3.22. The van der Waals surface area contributed by atoms with Crippen LogP contribution in [0.2, 0.25) is 5.02 Å². The van der Waals surface area contributed by atoms with Crippen LogP contribution in [0, 0.1) is 6.92 Å². The summed E-state index contributed by atoms with van der Waals surface area (Å²) in [4.78, 5) is 39.9. The summed E-state index contributed by atoms with van der Waals surface area (Å²) in [6.07, 6.45) is 0. The summed E-state index contributed by atoms with van der Waals surface area (Å²) < 4.78 is 10.1. The first-order chi connectivity index (χ1) is 13.4. The van der Waals surface area contributed by atoms with Crippen LogP contribution in [0.15, 0.2) is 24.3 Å². The monoisotopic (exact) mass is 422 g/mol. The minimum Gasteiger partial charge on any atom is -0.465 e. The molecule has 0 aliphatic carbocycles. The highest BCUT2D eigenvalue weighted by molar-refractivity contribution is 7.18. The minimum absolute atomic E-state index is 0.171. The third-order valence-corrected chi connectivity index (χ3v) is 5.90. The number of hydrogen-bond acceptors (Lipinski definition) is 6. The van der Waals surface area contributed by atoms with Gasteiger partial charge in [0.2, 0.25) is 0 Å². The van der Waals surface area contributed by atoms with E-state index in [1.165, 1.54) is 7.11 Å². The van der Waals surface area contributed by atoms with E-state index in [0.717, 1.165) is 11.3 Å². The first kappa shape index (κ1) is 20.3. The van der Waals surface area contributed by atoms with Gasteiger partial charge in [-0.05, 0) is 24.6 Å². The maximum Gasteiger partial charge on any atom is 0.341 e. The number of halogens is 1. The van der Waals surface area contributed by atoms with Gasteiger partial charge in [-0.2, -0.15) is 0 Å². The molecule has 148 valence electrons. The number of rotatable bonds is 4. The van der Waals surface area contributed by atoms with Crippen molar-refractivity contribution in [3.05, 3.63) is 50.9 Å². The maximum atomic E-state index is 12.9. The van der Waals surface area contributed by atoms with E-state index in [2.05, 4.69) is 5.32 Å². The molecule has 1 aromatic heterocycles. The number of morpholine rings is 1. The Labute approximate surface area is 171 Å². The molecule has 1 N–H and O–H groups in total. The average Bonchev–Trinajstić information content (AvgIpc) is 3.03. The fourth-order valence-corrected chi connectivity index (χ4v) is 4.26. The Morgan fingerprint density at radius 2 is 1.89 bits per heavy atom. The standard InChI is InChI=1S/C19H19ClN2O5S/c1-11-14(19(25)26-2)17(21-16(23)12-5-3-4-6-13(12)20)28-15(11)18(24)22-7-9-27-10-8-22/h3-6H,7-10H2,1-2H3,(H,21,23). The highest BCUT2D eigenvalue weighted by Crippen LogP contribution is 2.35. The van der Waals surface area contributed by atoms with Crippen molar-refractivity contribution in [2.75, 3.05) is 38.7 Å². The Balaban J connectivity index is 1.95. The van der Waals surface area contributed by atoms with Gasteiger partial charge in [0.25, 0.3) is 11.8 Å². The van der Waals surface area contributed by atoms with Crippen LogP contribution in [0.1, 0.15) is 36.0 Å². The van der Waals surface area contributed by atoms with Gasteiger partial charge >= 0.3 is 5.97 Å². The van der Waals surface area contributed by atoms with E-state index < -0.39 is 11.9 Å². The van der Waals surface area contributed by atoms with Crippen molar-refractivity contribution in [2.24, 2.45) is 0 Å². The molecule has 1 aliphatic rings. The van der Waals surface area contributed by atoms with Crippen LogP contribution in [0.25, 0.3) is 0 Å². The van der Waals surface area contributed by atoms with Gasteiger partial charge in [-0.25, -0.2) is 4.79 Å². The number of carbonyl (C=O) groups is 3. The summed E-state index contributed by atoms with van der Waals surface area (Å²) in [5.74, 6) is -1.29. The Morgan fingerprint density at radius 1 is 1.21 bits per heavy atom. The van der Waals surface area contributed by atoms with Crippen LogP contribution in [0.3, 0.4) is 0 Å². The lowest BCUT2D eigenvalue weighted by Gasteiger charge is -2.26. The second-order valence-corrected chi connectivity index (χ2v) is 7.52. The van der Waals surface area contributed by atoms with Crippen molar-refractivity contribution in [2.45, 2.75) is 6.92 Å². The van der Waals surface area contributed by atoms with E-state index in [1.807, 2.05) is 0 Å². The van der Waals surface area contributed by atoms with Crippen LogP contribution < -0.4 is 5.32 Å². The number of benzene rings is 1. The molecule has 0 spiro atoms. The third kappa shape index (κ3) is 4.04. The lowest BCUT2D eigenvalue weighted by Crippen LogP contribution is -2.40. The molecule has 28 heavy (non-hydrogen) atoms. The molecule has 0 saturated carbocycles. The highest BCUT2D eigenvalue weighted by atomic mass is 35.5. The lowest BCUT2D eigenvalue weighted by atomic mass is 10.1. The number of hydrogen-bond donors (Lipinski definition) is 1. The summed E-state index contributed by atoms with van der Waals surface area (Å²) in [5.41, 5.74) is 0.916. The fraction of sp³-hybridized carbons (Fsp3) is 0.316. The van der Waals surface area contributed by atoms with Gasteiger partial charge < -0.3 is 19.7 Å². The van der Waals surface area contributed by atoms with Crippen molar-refractivity contribution in [1.29, 1.82) is 0 Å². The summed E-state index contributed by atoms with van der Waals surface area (Å²) in [6.45, 7) is 3.56. The topological polar surface area (TPSA) is 84.9 Å². The third-order valence-electron chi connectivity index (χ3n) is 4.37. The van der Waals surface area contributed by atoms with Gasteiger partial charge in [-0.15, -0.1) is 11.3 Å². The van der Waals surface area contributed by atoms with E-state index in [1.54, 1.807) is 36.1 Å². The predicted molar refractivity (Wildman–Crippen MR) is 107 cm³/mol. The zero-order chi connectivity index (χ0) is 20.3. The molecule has 2 aromatic rings. The molecule has 9 heteroatoms. The van der Waals surface area contributed by atoms with E-state index in [4.69, 9.17) is 21.1 Å². The van der Waals surface area contributed by atoms with Crippen LogP contribution in [0.5, 0.6) is 0 Å². The Bertz CT molecular complexity index is 921. The van der Waals surface area contributed by atoms with Gasteiger partial charge in [0.05, 0.1) is 41.4 Å². The molecule has 1 aromatic carbocycles. The van der Waals surface area contributed by atoms with Crippen molar-refractivity contribution in [1.82, 2.24) is 4.90 Å². The van der Waals surface area contributed by atoms with E-state index in [-0.39, 0.29) is 27.1 Å². The zero-order valence-corrected chi connectivity index (χ0v) is 17.0. The first-order valence-electron chi connectivity index (χ1n) is 8.58. The Hall–Kier alpha value is -2.42. The first-order valence-corrected chi connectivity index (χ1v) is 9.78. The molecular weight excluding hydrogens is 404 g/mol. The smallest absolute Gasteiger partial charge is 0.341 e. The number of amides is 2. The zero-order valence-electron chi connectivity index (χ0n) is 15.4. The molecule has 2 heterocycles. The minimum atomic E-state index is -0.621. The molecular formula is C19H19ClN2O5S. The van der Waals surface area contributed by atoms with Gasteiger partial charge in [-0.3, -0.25) is 9.59 Å². The Kier molecular flexibility index (Phi) is 6.33. The molecule has 0 unspecified atom stereocenters. The van der Waals surface area contributed by atoms with E-state index in [9.17, 15) is 14.4 Å². The summed E-state index contributed by atoms with van der Waals surface area (Å²) in [7, 11) is 1.25.